The molecular weight excluding hydrogens is 150 g/mol. The Morgan fingerprint density at radius 1 is 1.50 bits per heavy atom. The normalized spacial score (nSPS) is 11.8. The number of nitrogens with two attached hydrogens (primary N) is 1. The number of allylic oxidation sites excluding steroid dienone is 1. The lowest BCUT2D eigenvalue weighted by Crippen LogP contribution is -2.03. The van der Waals surface area contributed by atoms with Gasteiger partial charge in [-0.2, -0.15) is 4.99 Å². The average Bonchev–Trinajstić information content (AvgIpc) is 2.04. The van der Waals surface area contributed by atoms with Crippen molar-refractivity contribution in [3.8, 4) is 0 Å². The van der Waals surface area contributed by atoms with E-state index in [0.29, 0.717) is 0 Å². The number of amidine groups is 1. The van der Waals surface area contributed by atoms with E-state index in [1.165, 1.54) is 6.20 Å². The molecule has 0 rings (SSSR count). The van der Waals surface area contributed by atoms with Crippen molar-refractivity contribution >= 4 is 11.7 Å². The van der Waals surface area contributed by atoms with Gasteiger partial charge in [0.25, 0.3) is 0 Å². The first kappa shape index (κ1) is 10.7. The molecule has 12 heavy (non-hydrogen) atoms. The summed E-state index contributed by atoms with van der Waals surface area (Å²) in [5, 5.41) is 0. The Kier molecular flexibility index (Phi) is 5.66. The quantitative estimate of drug-likeness (QED) is 0.491. The Balaban J connectivity index is 4.55. The Morgan fingerprint density at radius 2 is 2.17 bits per heavy atom. The van der Waals surface area contributed by atoms with E-state index in [1.807, 2.05) is 26.8 Å². The Labute approximate surface area is 73.4 Å². The van der Waals surface area contributed by atoms with Gasteiger partial charge in [-0.05, 0) is 6.92 Å². The molecule has 0 bridgehead atoms. The molecule has 0 radical (unpaired) electrons. The maximum atomic E-state index is 5.10. The molecule has 0 spiro atoms. The van der Waals surface area contributed by atoms with Crippen LogP contribution in [0.15, 0.2) is 28.5 Å². The molecule has 0 atom stereocenters. The van der Waals surface area contributed by atoms with Crippen molar-refractivity contribution in [3.63, 3.8) is 0 Å². The molecule has 2 N–H and O–H groups in total. The van der Waals surface area contributed by atoms with Gasteiger partial charge in [-0.1, -0.05) is 19.9 Å². The van der Waals surface area contributed by atoms with Gasteiger partial charge in [-0.15, -0.1) is 0 Å². The van der Waals surface area contributed by atoms with Crippen LogP contribution in [0, 0.1) is 5.92 Å². The van der Waals surface area contributed by atoms with Crippen LogP contribution in [0.5, 0.6) is 0 Å². The molecule has 0 unspecified atom stereocenters. The highest BCUT2D eigenvalue weighted by Crippen LogP contribution is 1.98. The summed E-state index contributed by atoms with van der Waals surface area (Å²) in [5.41, 5.74) is 5.10. The lowest BCUT2D eigenvalue weighted by atomic mass is 10.2. The molecule has 3 heteroatoms. The summed E-state index contributed by atoms with van der Waals surface area (Å²) in [6, 6.07) is 0. The second-order valence-electron chi connectivity index (χ2n) is 2.53. The third kappa shape index (κ3) is 4.47. The molecule has 0 aliphatic heterocycles. The van der Waals surface area contributed by atoms with Crippen LogP contribution in [-0.2, 0) is 0 Å². The van der Waals surface area contributed by atoms with Gasteiger partial charge in [-0.3, -0.25) is 0 Å². The minimum atomic E-state index is 0.286. The topological polar surface area (TPSA) is 50.7 Å². The van der Waals surface area contributed by atoms with Gasteiger partial charge in [0.15, 0.2) is 0 Å². The lowest BCUT2D eigenvalue weighted by molar-refractivity contribution is 0.873. The fraction of sp³-hybridized carbons (Fsp3) is 0.444. The molecule has 0 aromatic heterocycles. The van der Waals surface area contributed by atoms with E-state index in [2.05, 4.69) is 15.9 Å². The number of aliphatic imine (C=N–C) groups is 2. The van der Waals surface area contributed by atoms with E-state index in [0.717, 1.165) is 5.84 Å². The number of nitrogens with zero attached hydrogens (tertiary/aromatic N) is 2. The average molecular weight is 165 g/mol. The van der Waals surface area contributed by atoms with Crippen molar-refractivity contribution in [2.45, 2.75) is 20.8 Å². The first-order chi connectivity index (χ1) is 5.72. The molecule has 0 aromatic rings. The first-order valence-corrected chi connectivity index (χ1v) is 3.91. The highest BCUT2D eigenvalue weighted by molar-refractivity contribution is 5.90. The SMILES string of the molecule is C/C=C\N=C(/N=C=CN)C(C)C. The van der Waals surface area contributed by atoms with Crippen LogP contribution in [-0.4, -0.2) is 11.7 Å². The predicted octanol–water partition coefficient (Wildman–Crippen LogP) is 1.72. The predicted molar refractivity (Wildman–Crippen MR) is 53.3 cm³/mol. The van der Waals surface area contributed by atoms with Crippen molar-refractivity contribution in [1.82, 2.24) is 0 Å². The van der Waals surface area contributed by atoms with E-state index < -0.39 is 0 Å². The van der Waals surface area contributed by atoms with Crippen LogP contribution in [0.25, 0.3) is 0 Å². The summed E-state index contributed by atoms with van der Waals surface area (Å²) in [6.45, 7) is 5.94. The van der Waals surface area contributed by atoms with Crippen LogP contribution < -0.4 is 5.73 Å². The van der Waals surface area contributed by atoms with Gasteiger partial charge in [0.1, 0.15) is 5.84 Å². The fourth-order valence-electron chi connectivity index (χ4n) is 0.561. The molecule has 0 aromatic carbocycles. The number of hydrogen-bond acceptors (Lipinski definition) is 2. The largest absolute Gasteiger partial charge is 0.397 e. The van der Waals surface area contributed by atoms with E-state index in [-0.39, 0.29) is 5.92 Å². The van der Waals surface area contributed by atoms with E-state index >= 15 is 0 Å². The smallest absolute Gasteiger partial charge is 0.140 e. The van der Waals surface area contributed by atoms with Gasteiger partial charge in [0.05, 0.1) is 6.20 Å². The zero-order valence-corrected chi connectivity index (χ0v) is 7.78. The minimum absolute atomic E-state index is 0.286. The molecule has 0 aliphatic rings. The molecular formula is C9H15N3. The van der Waals surface area contributed by atoms with Crippen molar-refractivity contribution < 1.29 is 0 Å². The third-order valence-corrected chi connectivity index (χ3v) is 1.13. The molecule has 0 fully saturated rings. The molecule has 66 valence electrons. The van der Waals surface area contributed by atoms with E-state index in [1.54, 1.807) is 6.20 Å². The van der Waals surface area contributed by atoms with Gasteiger partial charge < -0.3 is 5.73 Å². The summed E-state index contributed by atoms with van der Waals surface area (Å²) in [4.78, 5) is 8.06. The monoisotopic (exact) mass is 165 g/mol. The Bertz CT molecular complexity index is 230. The second-order valence-corrected chi connectivity index (χ2v) is 2.53. The summed E-state index contributed by atoms with van der Waals surface area (Å²) < 4.78 is 0. The number of rotatable bonds is 2. The summed E-state index contributed by atoms with van der Waals surface area (Å²) in [6.07, 6.45) is 4.83. The number of hydrogen-bond donors (Lipinski definition) is 1. The van der Waals surface area contributed by atoms with E-state index in [4.69, 9.17) is 5.73 Å². The van der Waals surface area contributed by atoms with E-state index in [9.17, 15) is 0 Å². The molecule has 0 saturated heterocycles. The standard InChI is InChI=1S/C9H15N3/c1-4-6-11-9(8(2)3)12-7-5-10/h4-6,8H,10H2,1-3H3/b6-4-,11-9-. The Morgan fingerprint density at radius 3 is 2.58 bits per heavy atom. The lowest BCUT2D eigenvalue weighted by Gasteiger charge is -1.99. The van der Waals surface area contributed by atoms with Crippen molar-refractivity contribution in [1.29, 1.82) is 0 Å². The third-order valence-electron chi connectivity index (χ3n) is 1.13. The van der Waals surface area contributed by atoms with Crippen LogP contribution in [0.1, 0.15) is 20.8 Å². The van der Waals surface area contributed by atoms with Crippen molar-refractivity contribution in [2.24, 2.45) is 21.6 Å². The van der Waals surface area contributed by atoms with Crippen LogP contribution in [0.2, 0.25) is 0 Å². The van der Waals surface area contributed by atoms with Gasteiger partial charge in [0.2, 0.25) is 0 Å². The van der Waals surface area contributed by atoms with Crippen LogP contribution in [0.4, 0.5) is 0 Å². The van der Waals surface area contributed by atoms with Gasteiger partial charge >= 0.3 is 0 Å². The molecule has 0 heterocycles. The van der Waals surface area contributed by atoms with Gasteiger partial charge in [-0.25, -0.2) is 4.99 Å². The fourth-order valence-corrected chi connectivity index (χ4v) is 0.561. The Hall–Kier alpha value is -1.34. The maximum Gasteiger partial charge on any atom is 0.140 e. The molecule has 0 saturated carbocycles. The first-order valence-electron chi connectivity index (χ1n) is 3.91. The summed E-state index contributed by atoms with van der Waals surface area (Å²) >= 11 is 0. The summed E-state index contributed by atoms with van der Waals surface area (Å²) in [5.74, 6) is 3.57. The van der Waals surface area contributed by atoms with Crippen LogP contribution >= 0.6 is 0 Å². The zero-order valence-electron chi connectivity index (χ0n) is 7.78. The van der Waals surface area contributed by atoms with Crippen molar-refractivity contribution in [2.75, 3.05) is 0 Å². The highest BCUT2D eigenvalue weighted by atomic mass is 14.9. The zero-order chi connectivity index (χ0) is 9.40. The maximum absolute atomic E-state index is 5.10. The molecule has 0 amide bonds. The van der Waals surface area contributed by atoms with Crippen LogP contribution in [0.3, 0.4) is 0 Å². The highest BCUT2D eigenvalue weighted by Gasteiger charge is 1.99. The minimum Gasteiger partial charge on any atom is -0.397 e. The van der Waals surface area contributed by atoms with Gasteiger partial charge in [0, 0.05) is 18.0 Å². The molecule has 0 aliphatic carbocycles. The second kappa shape index (κ2) is 6.38. The summed E-state index contributed by atoms with van der Waals surface area (Å²) in [7, 11) is 0. The van der Waals surface area contributed by atoms with Crippen molar-refractivity contribution in [3.05, 3.63) is 18.5 Å². The molecule has 3 nitrogen and oxygen atoms in total.